The van der Waals surface area contributed by atoms with E-state index in [0.29, 0.717) is 17.9 Å². The minimum atomic E-state index is -2.74. The van der Waals surface area contributed by atoms with E-state index in [1.165, 1.54) is 25.9 Å². The van der Waals surface area contributed by atoms with E-state index < -0.39 is 12.3 Å². The standard InChI is InChI=1S/C11H16NO5P/c1-4-17-18(3,15)8-9-5-6-10(12(13)14)7-11(9)16-2/h5-7H,4,8H2,1-3H3. The molecule has 100 valence electrons. The van der Waals surface area contributed by atoms with E-state index in [9.17, 15) is 14.7 Å². The van der Waals surface area contributed by atoms with Crippen molar-refractivity contribution >= 4 is 13.1 Å². The maximum atomic E-state index is 12.1. The van der Waals surface area contributed by atoms with Crippen LogP contribution in [0.2, 0.25) is 0 Å². The first-order valence-electron chi connectivity index (χ1n) is 5.42. The number of nitro benzene ring substituents is 1. The zero-order valence-electron chi connectivity index (χ0n) is 10.6. The molecule has 0 spiro atoms. The first kappa shape index (κ1) is 14.7. The molecule has 0 aliphatic rings. The van der Waals surface area contributed by atoms with Gasteiger partial charge in [0, 0.05) is 18.3 Å². The number of ether oxygens (including phenoxy) is 1. The zero-order valence-corrected chi connectivity index (χ0v) is 11.5. The Hall–Kier alpha value is -1.39. The van der Waals surface area contributed by atoms with Crippen LogP contribution in [0.3, 0.4) is 0 Å². The predicted molar refractivity (Wildman–Crippen MR) is 68.5 cm³/mol. The summed E-state index contributed by atoms with van der Waals surface area (Å²) in [5.41, 5.74) is 0.584. The molecule has 0 saturated carbocycles. The summed E-state index contributed by atoms with van der Waals surface area (Å²) in [6.45, 7) is 3.67. The molecule has 0 radical (unpaired) electrons. The minimum absolute atomic E-state index is 0.0575. The predicted octanol–water partition coefficient (Wildman–Crippen LogP) is 3.05. The highest BCUT2D eigenvalue weighted by molar-refractivity contribution is 7.57. The largest absolute Gasteiger partial charge is 0.496 e. The number of rotatable bonds is 6. The molecule has 0 amide bonds. The van der Waals surface area contributed by atoms with E-state index in [1.54, 1.807) is 13.0 Å². The van der Waals surface area contributed by atoms with Crippen LogP contribution >= 0.6 is 7.37 Å². The quantitative estimate of drug-likeness (QED) is 0.452. The maximum absolute atomic E-state index is 12.1. The van der Waals surface area contributed by atoms with Crippen molar-refractivity contribution in [3.8, 4) is 5.75 Å². The van der Waals surface area contributed by atoms with Gasteiger partial charge < -0.3 is 9.26 Å². The van der Waals surface area contributed by atoms with Gasteiger partial charge in [-0.15, -0.1) is 0 Å². The van der Waals surface area contributed by atoms with Crippen LogP contribution in [0.5, 0.6) is 5.75 Å². The van der Waals surface area contributed by atoms with E-state index in [-0.39, 0.29) is 11.8 Å². The lowest BCUT2D eigenvalue weighted by molar-refractivity contribution is -0.384. The van der Waals surface area contributed by atoms with Gasteiger partial charge >= 0.3 is 0 Å². The fourth-order valence-corrected chi connectivity index (χ4v) is 3.12. The first-order chi connectivity index (χ1) is 8.39. The average Bonchev–Trinajstić information content (AvgIpc) is 2.28. The number of benzene rings is 1. The van der Waals surface area contributed by atoms with Gasteiger partial charge in [-0.3, -0.25) is 14.7 Å². The molecule has 0 aromatic heterocycles. The number of nitro groups is 1. The van der Waals surface area contributed by atoms with Gasteiger partial charge in [-0.2, -0.15) is 0 Å². The molecule has 0 aliphatic heterocycles. The SMILES string of the molecule is CCOP(C)(=O)Cc1ccc([N+](=O)[O-])cc1OC. The highest BCUT2D eigenvalue weighted by Crippen LogP contribution is 2.47. The molecule has 1 rings (SSSR count). The fourth-order valence-electron chi connectivity index (χ4n) is 1.61. The number of methoxy groups -OCH3 is 1. The zero-order chi connectivity index (χ0) is 13.8. The van der Waals surface area contributed by atoms with Crippen LogP contribution in [0.1, 0.15) is 12.5 Å². The van der Waals surface area contributed by atoms with Gasteiger partial charge in [0.25, 0.3) is 5.69 Å². The molecule has 6 nitrogen and oxygen atoms in total. The van der Waals surface area contributed by atoms with Crippen LogP contribution in [-0.2, 0) is 15.3 Å². The van der Waals surface area contributed by atoms with Gasteiger partial charge in [0.1, 0.15) is 5.75 Å². The summed E-state index contributed by atoms with van der Waals surface area (Å²) in [5, 5.41) is 10.6. The molecule has 1 unspecified atom stereocenters. The van der Waals surface area contributed by atoms with Crippen LogP contribution in [0, 0.1) is 10.1 Å². The first-order valence-corrected chi connectivity index (χ1v) is 7.67. The van der Waals surface area contributed by atoms with E-state index in [0.717, 1.165) is 0 Å². The molecular weight excluding hydrogens is 257 g/mol. The molecule has 7 heteroatoms. The van der Waals surface area contributed by atoms with Crippen LogP contribution in [0.4, 0.5) is 5.69 Å². The van der Waals surface area contributed by atoms with Crippen molar-refractivity contribution in [2.45, 2.75) is 13.1 Å². The number of nitrogens with zero attached hydrogens (tertiary/aromatic N) is 1. The van der Waals surface area contributed by atoms with Crippen molar-refractivity contribution in [2.75, 3.05) is 20.4 Å². The molecule has 0 fully saturated rings. The Bertz CT molecular complexity index is 488. The molecule has 0 saturated heterocycles. The highest BCUT2D eigenvalue weighted by atomic mass is 31.2. The summed E-state index contributed by atoms with van der Waals surface area (Å²) < 4.78 is 22.3. The molecule has 0 bridgehead atoms. The molecule has 1 aromatic rings. The Morgan fingerprint density at radius 1 is 1.44 bits per heavy atom. The lowest BCUT2D eigenvalue weighted by atomic mass is 10.2. The van der Waals surface area contributed by atoms with Crippen LogP contribution in [0.25, 0.3) is 0 Å². The van der Waals surface area contributed by atoms with Gasteiger partial charge in [-0.25, -0.2) is 0 Å². The molecule has 1 atom stereocenters. The lowest BCUT2D eigenvalue weighted by Crippen LogP contribution is -1.97. The van der Waals surface area contributed by atoms with E-state index in [2.05, 4.69) is 0 Å². The molecule has 0 aliphatic carbocycles. The average molecular weight is 273 g/mol. The summed E-state index contributed by atoms with van der Waals surface area (Å²) in [6.07, 6.45) is 0.196. The Labute approximate surface area is 106 Å². The molecule has 18 heavy (non-hydrogen) atoms. The molecular formula is C11H16NO5P. The summed E-state index contributed by atoms with van der Waals surface area (Å²) in [6, 6.07) is 4.23. The van der Waals surface area contributed by atoms with Gasteiger partial charge in [0.2, 0.25) is 7.37 Å². The Morgan fingerprint density at radius 3 is 2.61 bits per heavy atom. The van der Waals surface area contributed by atoms with Gasteiger partial charge in [0.05, 0.1) is 30.9 Å². The van der Waals surface area contributed by atoms with Crippen molar-refractivity contribution in [2.24, 2.45) is 0 Å². The fraction of sp³-hybridized carbons (Fsp3) is 0.455. The van der Waals surface area contributed by atoms with Crippen LogP contribution < -0.4 is 4.74 Å². The van der Waals surface area contributed by atoms with Gasteiger partial charge in [-0.1, -0.05) is 0 Å². The van der Waals surface area contributed by atoms with Crippen molar-refractivity contribution < 1.29 is 18.7 Å². The van der Waals surface area contributed by atoms with E-state index in [1.807, 2.05) is 0 Å². The van der Waals surface area contributed by atoms with Gasteiger partial charge in [0.15, 0.2) is 0 Å². The normalized spacial score (nSPS) is 13.9. The molecule has 1 aromatic carbocycles. The Morgan fingerprint density at radius 2 is 2.11 bits per heavy atom. The third-order valence-electron chi connectivity index (χ3n) is 2.34. The Balaban J connectivity index is 3.03. The van der Waals surface area contributed by atoms with Crippen molar-refractivity contribution in [3.63, 3.8) is 0 Å². The second-order valence-corrected chi connectivity index (χ2v) is 6.45. The monoisotopic (exact) mass is 273 g/mol. The number of non-ortho nitro benzene ring substituents is 1. The lowest BCUT2D eigenvalue weighted by Gasteiger charge is -2.14. The third kappa shape index (κ3) is 3.82. The van der Waals surface area contributed by atoms with Crippen LogP contribution in [0.15, 0.2) is 18.2 Å². The van der Waals surface area contributed by atoms with Crippen molar-refractivity contribution in [1.29, 1.82) is 0 Å². The summed E-state index contributed by atoms with van der Waals surface area (Å²) in [7, 11) is -1.32. The van der Waals surface area contributed by atoms with E-state index >= 15 is 0 Å². The minimum Gasteiger partial charge on any atom is -0.496 e. The topological polar surface area (TPSA) is 78.7 Å². The second-order valence-electron chi connectivity index (χ2n) is 3.84. The third-order valence-corrected chi connectivity index (χ3v) is 4.06. The van der Waals surface area contributed by atoms with Crippen molar-refractivity contribution in [3.05, 3.63) is 33.9 Å². The highest BCUT2D eigenvalue weighted by Gasteiger charge is 2.20. The number of hydrogen-bond acceptors (Lipinski definition) is 5. The maximum Gasteiger partial charge on any atom is 0.273 e. The molecule has 0 heterocycles. The Kier molecular flexibility index (Phi) is 4.87. The van der Waals surface area contributed by atoms with Crippen molar-refractivity contribution in [1.82, 2.24) is 0 Å². The molecule has 0 N–H and O–H groups in total. The smallest absolute Gasteiger partial charge is 0.273 e. The van der Waals surface area contributed by atoms with E-state index in [4.69, 9.17) is 9.26 Å². The number of hydrogen-bond donors (Lipinski definition) is 0. The summed E-state index contributed by atoms with van der Waals surface area (Å²) in [4.78, 5) is 10.1. The van der Waals surface area contributed by atoms with Gasteiger partial charge in [-0.05, 0) is 13.0 Å². The second kappa shape index (κ2) is 5.98. The van der Waals surface area contributed by atoms with Crippen LogP contribution in [-0.4, -0.2) is 25.3 Å². The summed E-state index contributed by atoms with van der Waals surface area (Å²) >= 11 is 0. The summed E-state index contributed by atoms with van der Waals surface area (Å²) in [5.74, 6) is 0.353.